The highest BCUT2D eigenvalue weighted by atomic mass is 35.5. The lowest BCUT2D eigenvalue weighted by atomic mass is 9.69. The molecule has 2 aliphatic carbocycles. The van der Waals surface area contributed by atoms with E-state index in [-0.39, 0.29) is 23.8 Å². The molecule has 34 heavy (non-hydrogen) atoms. The fraction of sp³-hybridized carbons (Fsp3) is 0.414. The first kappa shape index (κ1) is 23.0. The smallest absolute Gasteiger partial charge is 0.315 e. The molecule has 0 saturated heterocycles. The molecule has 176 valence electrons. The number of benzene rings is 2. The number of halogens is 1. The van der Waals surface area contributed by atoms with Crippen LogP contribution >= 0.6 is 11.6 Å². The Kier molecular flexibility index (Phi) is 6.69. The van der Waals surface area contributed by atoms with Crippen LogP contribution in [-0.4, -0.2) is 23.6 Å². The fourth-order valence-electron chi connectivity index (χ4n) is 5.78. The zero-order chi connectivity index (χ0) is 23.7. The Balaban J connectivity index is 1.52. The molecule has 5 rings (SSSR count). The Bertz CT molecular complexity index is 1130. The number of hydrogen-bond acceptors (Lipinski definition) is 4. The number of esters is 1. The van der Waals surface area contributed by atoms with Gasteiger partial charge in [-0.3, -0.25) is 14.6 Å². The molecular weight excluding hydrogens is 446 g/mol. The first-order chi connectivity index (χ1) is 16.5. The van der Waals surface area contributed by atoms with Gasteiger partial charge in [0.1, 0.15) is 12.0 Å². The van der Waals surface area contributed by atoms with E-state index in [2.05, 4.69) is 12.1 Å². The maximum absolute atomic E-state index is 13.6. The summed E-state index contributed by atoms with van der Waals surface area (Å²) in [4.78, 5) is 32.0. The van der Waals surface area contributed by atoms with Crippen molar-refractivity contribution in [3.63, 3.8) is 0 Å². The number of Topliss-reactive ketones (excluding diaryl/α,β-unsaturated/α-hetero) is 1. The standard InChI is InChI=1S/C29H30ClNO3/c1-18-26(29(33)34-23-10-6-3-7-11-23)27(20-12-14-22(30)15-13-20)28-24(31-18)16-21(17-25(28)32)19-8-4-2-5-9-19/h2,4-5,8-9,12-15,21,23,26-27H,3,6-7,10-11,16-17H2,1H3/t21-,26?,27+/m0/s1. The molecule has 2 aromatic rings. The van der Waals surface area contributed by atoms with Crippen LogP contribution in [0.25, 0.3) is 0 Å². The molecule has 1 heterocycles. The third-order valence-electron chi connectivity index (χ3n) is 7.48. The monoisotopic (exact) mass is 475 g/mol. The highest BCUT2D eigenvalue weighted by Gasteiger charge is 2.45. The predicted molar refractivity (Wildman–Crippen MR) is 134 cm³/mol. The van der Waals surface area contributed by atoms with Crippen LogP contribution in [0.15, 0.2) is 70.9 Å². The number of aliphatic imine (C=N–C) groups is 1. The first-order valence-corrected chi connectivity index (χ1v) is 12.7. The quantitative estimate of drug-likeness (QED) is 0.457. The second-order valence-corrected chi connectivity index (χ2v) is 10.2. The highest BCUT2D eigenvalue weighted by Crippen LogP contribution is 2.47. The van der Waals surface area contributed by atoms with Gasteiger partial charge in [0.15, 0.2) is 5.78 Å². The molecule has 0 amide bonds. The van der Waals surface area contributed by atoms with Crippen LogP contribution < -0.4 is 0 Å². The van der Waals surface area contributed by atoms with E-state index in [0.29, 0.717) is 23.4 Å². The molecule has 0 N–H and O–H groups in total. The summed E-state index contributed by atoms with van der Waals surface area (Å²) in [6, 6.07) is 17.6. The minimum Gasteiger partial charge on any atom is -0.462 e. The van der Waals surface area contributed by atoms with Gasteiger partial charge in [0, 0.05) is 34.3 Å². The molecule has 0 spiro atoms. The Labute approximate surface area is 206 Å². The third-order valence-corrected chi connectivity index (χ3v) is 7.73. The third kappa shape index (κ3) is 4.61. The molecular formula is C29H30ClNO3. The van der Waals surface area contributed by atoms with Crippen LogP contribution in [0, 0.1) is 5.92 Å². The number of ketones is 1. The minimum absolute atomic E-state index is 0.0418. The van der Waals surface area contributed by atoms with Crippen LogP contribution in [-0.2, 0) is 14.3 Å². The lowest BCUT2D eigenvalue weighted by molar-refractivity contribution is -0.153. The van der Waals surface area contributed by atoms with E-state index in [9.17, 15) is 9.59 Å². The van der Waals surface area contributed by atoms with E-state index >= 15 is 0 Å². The van der Waals surface area contributed by atoms with E-state index in [1.54, 1.807) is 0 Å². The van der Waals surface area contributed by atoms with Crippen molar-refractivity contribution in [1.82, 2.24) is 0 Å². The molecule has 1 unspecified atom stereocenters. The van der Waals surface area contributed by atoms with Gasteiger partial charge in [-0.05, 0) is 68.2 Å². The van der Waals surface area contributed by atoms with Gasteiger partial charge in [-0.1, -0.05) is 60.5 Å². The number of carbonyl (C=O) groups is 2. The highest BCUT2D eigenvalue weighted by molar-refractivity contribution is 6.30. The topological polar surface area (TPSA) is 55.7 Å². The van der Waals surface area contributed by atoms with Crippen LogP contribution in [0.5, 0.6) is 0 Å². The summed E-state index contributed by atoms with van der Waals surface area (Å²) in [5.74, 6) is -1.09. The zero-order valence-electron chi connectivity index (χ0n) is 19.5. The average Bonchev–Trinajstić information content (AvgIpc) is 2.84. The Morgan fingerprint density at radius 1 is 0.941 bits per heavy atom. The number of rotatable bonds is 4. The van der Waals surface area contributed by atoms with Crippen molar-refractivity contribution < 1.29 is 14.3 Å². The van der Waals surface area contributed by atoms with Gasteiger partial charge in [0.2, 0.25) is 0 Å². The van der Waals surface area contributed by atoms with Gasteiger partial charge >= 0.3 is 5.97 Å². The lowest BCUT2D eigenvalue weighted by Crippen LogP contribution is -2.39. The van der Waals surface area contributed by atoms with Crippen molar-refractivity contribution in [2.45, 2.75) is 69.8 Å². The van der Waals surface area contributed by atoms with Gasteiger partial charge in [-0.25, -0.2) is 0 Å². The van der Waals surface area contributed by atoms with Crippen molar-refractivity contribution in [1.29, 1.82) is 0 Å². The molecule has 3 atom stereocenters. The van der Waals surface area contributed by atoms with Crippen LogP contribution in [0.3, 0.4) is 0 Å². The summed E-state index contributed by atoms with van der Waals surface area (Å²) < 4.78 is 6.00. The molecule has 2 aromatic carbocycles. The molecule has 5 heteroatoms. The van der Waals surface area contributed by atoms with Crippen LogP contribution in [0.4, 0.5) is 0 Å². The summed E-state index contributed by atoms with van der Waals surface area (Å²) in [6.07, 6.45) is 6.26. The SMILES string of the molecule is CC1=NC2=C(C(=O)C[C@@H](c3ccccc3)C2)[C@H](c2ccc(Cl)cc2)C1C(=O)OC1CCCCC1. The minimum atomic E-state index is -0.598. The number of allylic oxidation sites excluding steroid dienone is 2. The van der Waals surface area contributed by atoms with Gasteiger partial charge in [-0.2, -0.15) is 0 Å². The fourth-order valence-corrected chi connectivity index (χ4v) is 5.90. The normalized spacial score (nSPS) is 25.5. The lowest BCUT2D eigenvalue weighted by Gasteiger charge is -2.37. The second-order valence-electron chi connectivity index (χ2n) is 9.76. The van der Waals surface area contributed by atoms with Crippen molar-refractivity contribution in [3.05, 3.63) is 82.0 Å². The second kappa shape index (κ2) is 9.87. The van der Waals surface area contributed by atoms with Crippen molar-refractivity contribution >= 4 is 29.1 Å². The number of carbonyl (C=O) groups excluding carboxylic acids is 2. The van der Waals surface area contributed by atoms with Crippen LogP contribution in [0.2, 0.25) is 5.02 Å². The molecule has 1 fully saturated rings. The van der Waals surface area contributed by atoms with E-state index in [1.165, 1.54) is 6.42 Å². The number of hydrogen-bond donors (Lipinski definition) is 0. The molecule has 4 nitrogen and oxygen atoms in total. The van der Waals surface area contributed by atoms with Gasteiger partial charge in [-0.15, -0.1) is 0 Å². The predicted octanol–water partition coefficient (Wildman–Crippen LogP) is 6.79. The van der Waals surface area contributed by atoms with E-state index in [0.717, 1.165) is 48.2 Å². The zero-order valence-corrected chi connectivity index (χ0v) is 20.3. The van der Waals surface area contributed by atoms with Crippen molar-refractivity contribution in [2.24, 2.45) is 10.9 Å². The molecule has 0 aromatic heterocycles. The average molecular weight is 476 g/mol. The van der Waals surface area contributed by atoms with E-state index < -0.39 is 11.8 Å². The summed E-state index contributed by atoms with van der Waals surface area (Å²) in [5.41, 5.74) is 4.26. The van der Waals surface area contributed by atoms with Crippen LogP contribution in [0.1, 0.15) is 74.8 Å². The maximum Gasteiger partial charge on any atom is 0.315 e. The van der Waals surface area contributed by atoms with Gasteiger partial charge in [0.25, 0.3) is 0 Å². The molecule has 0 radical (unpaired) electrons. The largest absolute Gasteiger partial charge is 0.462 e. The molecule has 3 aliphatic rings. The molecule has 1 saturated carbocycles. The number of ether oxygens (including phenoxy) is 1. The molecule has 0 bridgehead atoms. The Morgan fingerprint density at radius 2 is 1.65 bits per heavy atom. The summed E-state index contributed by atoms with van der Waals surface area (Å²) >= 11 is 6.17. The van der Waals surface area contributed by atoms with E-state index in [4.69, 9.17) is 21.3 Å². The number of nitrogens with zero attached hydrogens (tertiary/aromatic N) is 1. The summed E-state index contributed by atoms with van der Waals surface area (Å²) in [6.45, 7) is 1.90. The van der Waals surface area contributed by atoms with Crippen molar-refractivity contribution in [2.75, 3.05) is 0 Å². The van der Waals surface area contributed by atoms with Gasteiger partial charge in [0.05, 0.1) is 0 Å². The molecule has 1 aliphatic heterocycles. The summed E-state index contributed by atoms with van der Waals surface area (Å²) in [7, 11) is 0. The summed E-state index contributed by atoms with van der Waals surface area (Å²) in [5, 5.41) is 0.625. The van der Waals surface area contributed by atoms with Crippen molar-refractivity contribution in [3.8, 4) is 0 Å². The maximum atomic E-state index is 13.6. The Hall–Kier alpha value is -2.72. The Morgan fingerprint density at radius 3 is 2.35 bits per heavy atom. The van der Waals surface area contributed by atoms with E-state index in [1.807, 2.05) is 49.4 Å². The van der Waals surface area contributed by atoms with Gasteiger partial charge < -0.3 is 4.74 Å². The first-order valence-electron chi connectivity index (χ1n) is 12.3.